The monoisotopic (exact) mass is 540 g/mol. The van der Waals surface area contributed by atoms with Gasteiger partial charge in [0.25, 0.3) is 0 Å². The summed E-state index contributed by atoms with van der Waals surface area (Å²) >= 11 is 0. The lowest BCUT2D eigenvalue weighted by Crippen LogP contribution is -2.24. The van der Waals surface area contributed by atoms with Crippen molar-refractivity contribution < 1.29 is 9.53 Å². The Balaban J connectivity index is 1.29. The van der Waals surface area contributed by atoms with Crippen LogP contribution in [0.4, 0.5) is 5.69 Å². The van der Waals surface area contributed by atoms with Gasteiger partial charge in [-0.25, -0.2) is 9.53 Å². The lowest BCUT2D eigenvalue weighted by Gasteiger charge is -2.21. The Hall–Kier alpha value is -4.73. The van der Waals surface area contributed by atoms with Gasteiger partial charge in [0.2, 0.25) is 0 Å². The van der Waals surface area contributed by atoms with Crippen LogP contribution in [0.1, 0.15) is 51.8 Å². The molecule has 0 aliphatic heterocycles. The van der Waals surface area contributed by atoms with Gasteiger partial charge in [-0.1, -0.05) is 54.6 Å². The van der Waals surface area contributed by atoms with E-state index in [1.807, 2.05) is 43.3 Å². The number of nitrogens with one attached hydrogen (secondary N) is 1. The van der Waals surface area contributed by atoms with E-state index in [1.54, 1.807) is 23.9 Å². The summed E-state index contributed by atoms with van der Waals surface area (Å²) in [6, 6.07) is 30.1. The highest BCUT2D eigenvalue weighted by atomic mass is 16.5. The van der Waals surface area contributed by atoms with Gasteiger partial charge in [0.1, 0.15) is 11.4 Å². The second-order valence-electron chi connectivity index (χ2n) is 10.8. The minimum atomic E-state index is -0.0156. The smallest absolute Gasteiger partial charge is 0.189 e. The summed E-state index contributed by atoms with van der Waals surface area (Å²) < 4.78 is 7.06. The molecule has 0 bridgehead atoms. The number of rotatable bonds is 10. The molecule has 1 saturated carbocycles. The van der Waals surface area contributed by atoms with Crippen LogP contribution in [0.5, 0.6) is 5.75 Å². The van der Waals surface area contributed by atoms with E-state index >= 15 is 0 Å². The first-order chi connectivity index (χ1) is 20.0. The van der Waals surface area contributed by atoms with Crippen LogP contribution in [-0.4, -0.2) is 29.2 Å². The van der Waals surface area contributed by atoms with Crippen molar-refractivity contribution in [1.29, 1.82) is 0 Å². The van der Waals surface area contributed by atoms with E-state index in [9.17, 15) is 4.79 Å². The van der Waals surface area contributed by atoms with Crippen LogP contribution in [0.2, 0.25) is 0 Å². The molecule has 1 aliphatic carbocycles. The fraction of sp³-hybridized carbons (Fsp3) is 0.229. The van der Waals surface area contributed by atoms with Crippen molar-refractivity contribution in [2.24, 2.45) is 5.92 Å². The van der Waals surface area contributed by atoms with Crippen LogP contribution < -0.4 is 10.1 Å². The molecule has 1 aromatic heterocycles. The van der Waals surface area contributed by atoms with Gasteiger partial charge in [-0.2, -0.15) is 5.10 Å². The van der Waals surface area contributed by atoms with Gasteiger partial charge < -0.3 is 10.1 Å². The van der Waals surface area contributed by atoms with Crippen molar-refractivity contribution in [3.05, 3.63) is 130 Å². The molecule has 1 unspecified atom stereocenters. The lowest BCUT2D eigenvalue weighted by molar-refractivity contribution is 0.0985. The molecule has 41 heavy (non-hydrogen) atoms. The number of nitrogens with zero attached hydrogens (tertiary/aromatic N) is 3. The first-order valence-electron chi connectivity index (χ1n) is 14.0. The quantitative estimate of drug-likeness (QED) is 0.148. The fourth-order valence-corrected chi connectivity index (χ4v) is 5.33. The number of Topliss-reactive ketones (excluding diaryl/α,β-unsaturated/α-hetero) is 1. The van der Waals surface area contributed by atoms with Gasteiger partial charge in [-0.3, -0.25) is 4.79 Å². The van der Waals surface area contributed by atoms with Gasteiger partial charge in [0.05, 0.1) is 31.1 Å². The van der Waals surface area contributed by atoms with Crippen LogP contribution in [0.25, 0.3) is 21.3 Å². The van der Waals surface area contributed by atoms with E-state index in [4.69, 9.17) is 11.3 Å². The van der Waals surface area contributed by atoms with E-state index < -0.39 is 0 Å². The Morgan fingerprint density at radius 1 is 1.00 bits per heavy atom. The number of benzene rings is 4. The van der Waals surface area contributed by atoms with Crippen molar-refractivity contribution in [2.75, 3.05) is 13.7 Å². The molecule has 0 amide bonds. The Morgan fingerprint density at radius 3 is 2.59 bits per heavy atom. The summed E-state index contributed by atoms with van der Waals surface area (Å²) in [7, 11) is 1.69. The topological polar surface area (TPSA) is 60.5 Å². The minimum Gasteiger partial charge on any atom is -0.497 e. The summed E-state index contributed by atoms with van der Waals surface area (Å²) in [5, 5.41) is 10.7. The lowest BCUT2D eigenvalue weighted by atomic mass is 9.93. The van der Waals surface area contributed by atoms with Gasteiger partial charge in [0, 0.05) is 6.42 Å². The molecule has 0 radical (unpaired) electrons. The normalized spacial score (nSPS) is 13.6. The Bertz CT molecular complexity index is 1780. The number of hydrogen-bond acceptors (Lipinski definition) is 4. The number of aromatic nitrogens is 2. The predicted octanol–water partition coefficient (Wildman–Crippen LogP) is 7.41. The van der Waals surface area contributed by atoms with Gasteiger partial charge >= 0.3 is 0 Å². The largest absolute Gasteiger partial charge is 0.497 e. The van der Waals surface area contributed by atoms with Crippen LogP contribution >= 0.6 is 0 Å². The molecular weight excluding hydrogens is 508 g/mol. The number of fused-ring (bicyclic) bond motifs is 1. The van der Waals surface area contributed by atoms with Crippen LogP contribution in [0, 0.1) is 19.4 Å². The molecule has 1 atom stereocenters. The van der Waals surface area contributed by atoms with Crippen molar-refractivity contribution in [2.45, 2.75) is 32.2 Å². The summed E-state index contributed by atoms with van der Waals surface area (Å²) in [6.07, 6.45) is 2.81. The number of methoxy groups -OCH3 is 1. The molecule has 5 aromatic rings. The zero-order valence-corrected chi connectivity index (χ0v) is 23.3. The van der Waals surface area contributed by atoms with Gasteiger partial charge in [-0.15, -0.1) is 0 Å². The fourth-order valence-electron chi connectivity index (χ4n) is 5.33. The minimum absolute atomic E-state index is 0.0151. The van der Waals surface area contributed by atoms with Crippen LogP contribution in [0.3, 0.4) is 0 Å². The number of hydrogen-bond donors (Lipinski definition) is 1. The first kappa shape index (κ1) is 26.5. The molecule has 204 valence electrons. The second-order valence-corrected chi connectivity index (χ2v) is 10.8. The number of ether oxygens (including phenoxy) is 1. The van der Waals surface area contributed by atoms with E-state index in [0.717, 1.165) is 40.4 Å². The van der Waals surface area contributed by atoms with Crippen molar-refractivity contribution in [3.63, 3.8) is 0 Å². The number of carbonyl (C=O) groups is 1. The average Bonchev–Trinajstić information content (AvgIpc) is 3.75. The predicted molar refractivity (Wildman–Crippen MR) is 162 cm³/mol. The standard InChI is InChI=1S/C35H32N4O2/c1-23-16-33(39(38-23)31-9-5-8-30(21-31)36-2)34(40)18-25-6-4-7-28(17-25)35(37-22-24-10-11-24)29-13-12-27-20-32(41-3)15-14-26(27)19-29/h4-9,12-17,19-21,24,35,37H,10-11,18,22H2,1,3H3. The molecule has 1 N–H and O–H groups in total. The maximum absolute atomic E-state index is 13.6. The highest BCUT2D eigenvalue weighted by Crippen LogP contribution is 2.32. The summed E-state index contributed by atoms with van der Waals surface area (Å²) in [5.74, 6) is 1.57. The summed E-state index contributed by atoms with van der Waals surface area (Å²) in [6.45, 7) is 10.2. The number of aryl methyl sites for hydroxylation is 1. The molecule has 1 aliphatic rings. The second kappa shape index (κ2) is 11.4. The zero-order chi connectivity index (χ0) is 28.3. The maximum atomic E-state index is 13.6. The Labute approximate surface area is 240 Å². The molecule has 1 heterocycles. The van der Waals surface area contributed by atoms with Crippen molar-refractivity contribution in [1.82, 2.24) is 15.1 Å². The van der Waals surface area contributed by atoms with E-state index in [1.165, 1.54) is 23.8 Å². The van der Waals surface area contributed by atoms with Crippen LogP contribution in [0.15, 0.2) is 91.0 Å². The van der Waals surface area contributed by atoms with E-state index in [2.05, 4.69) is 57.7 Å². The first-order valence-corrected chi connectivity index (χ1v) is 14.0. The third kappa shape index (κ3) is 5.91. The van der Waals surface area contributed by atoms with E-state index in [-0.39, 0.29) is 18.2 Å². The number of ketones is 1. The van der Waals surface area contributed by atoms with Crippen molar-refractivity contribution >= 4 is 22.2 Å². The molecule has 6 rings (SSSR count). The molecule has 1 fully saturated rings. The zero-order valence-electron chi connectivity index (χ0n) is 23.3. The van der Waals surface area contributed by atoms with Gasteiger partial charge in [0.15, 0.2) is 11.5 Å². The Kier molecular flexibility index (Phi) is 7.37. The van der Waals surface area contributed by atoms with Crippen LogP contribution in [-0.2, 0) is 6.42 Å². The molecular formula is C35H32N4O2. The van der Waals surface area contributed by atoms with Gasteiger partial charge in [-0.05, 0) is 96.1 Å². The third-order valence-electron chi connectivity index (χ3n) is 7.68. The highest BCUT2D eigenvalue weighted by Gasteiger charge is 2.24. The summed E-state index contributed by atoms with van der Waals surface area (Å²) in [4.78, 5) is 17.1. The molecule has 6 heteroatoms. The SMILES string of the molecule is [C-]#[N+]c1cccc(-n2nc(C)cc2C(=O)Cc2cccc(C(NCC3CC3)c3ccc4cc(OC)ccc4c3)c2)c1. The van der Waals surface area contributed by atoms with Crippen molar-refractivity contribution in [3.8, 4) is 11.4 Å². The third-order valence-corrected chi connectivity index (χ3v) is 7.68. The highest BCUT2D eigenvalue weighted by molar-refractivity contribution is 5.96. The average molecular weight is 541 g/mol. The van der Waals surface area contributed by atoms with E-state index in [0.29, 0.717) is 17.1 Å². The summed E-state index contributed by atoms with van der Waals surface area (Å²) in [5.41, 5.74) is 5.79. The molecule has 0 saturated heterocycles. The molecule has 0 spiro atoms. The molecule has 6 nitrogen and oxygen atoms in total. The Morgan fingerprint density at radius 2 is 1.78 bits per heavy atom. The number of carbonyl (C=O) groups excluding carboxylic acids is 1. The molecule has 4 aromatic carbocycles. The maximum Gasteiger partial charge on any atom is 0.189 e.